The number of fused-ring (bicyclic) bond motifs is 7. The molecule has 3 nitrogen and oxygen atoms in total. The fourth-order valence-corrected chi connectivity index (χ4v) is 7.36. The van der Waals surface area contributed by atoms with Gasteiger partial charge in [0.2, 0.25) is 0 Å². The van der Waals surface area contributed by atoms with Crippen LogP contribution in [0.4, 0.5) is 0 Å². The molecule has 214 valence electrons. The summed E-state index contributed by atoms with van der Waals surface area (Å²) in [5.74, 6) is 0.942. The fourth-order valence-electron chi connectivity index (χ4n) is 7.36. The summed E-state index contributed by atoms with van der Waals surface area (Å²) in [6.45, 7) is 0. The van der Waals surface area contributed by atoms with Crippen LogP contribution in [0.15, 0.2) is 164 Å². The van der Waals surface area contributed by atoms with E-state index in [2.05, 4.69) is 167 Å². The summed E-state index contributed by atoms with van der Waals surface area (Å²) in [7, 11) is 0. The molecule has 0 aliphatic heterocycles. The molecule has 0 atom stereocenters. The molecule has 3 heteroatoms. The van der Waals surface area contributed by atoms with Crippen molar-refractivity contribution in [1.29, 1.82) is 0 Å². The Hall–Kier alpha value is -6.19. The van der Waals surface area contributed by atoms with Gasteiger partial charge in [-0.05, 0) is 70.8 Å². The third-order valence-corrected chi connectivity index (χ3v) is 9.47. The van der Waals surface area contributed by atoms with Gasteiger partial charge in [0.25, 0.3) is 0 Å². The van der Waals surface area contributed by atoms with Crippen molar-refractivity contribution in [2.75, 3.05) is 0 Å². The molecule has 0 N–H and O–H groups in total. The number of hydrogen-bond acceptors (Lipinski definition) is 1. The van der Waals surface area contributed by atoms with Crippen LogP contribution in [-0.2, 0) is 0 Å². The number of aromatic nitrogens is 3. The molecule has 0 bridgehead atoms. The van der Waals surface area contributed by atoms with Gasteiger partial charge in [-0.2, -0.15) is 0 Å². The van der Waals surface area contributed by atoms with Crippen LogP contribution in [0.1, 0.15) is 0 Å². The van der Waals surface area contributed by atoms with Crippen molar-refractivity contribution in [3.8, 4) is 39.3 Å². The number of imidazole rings is 1. The second-order valence-electron chi connectivity index (χ2n) is 12.0. The number of benzene rings is 7. The average Bonchev–Trinajstić information content (AvgIpc) is 3.79. The lowest BCUT2D eigenvalue weighted by atomic mass is 9.98. The fraction of sp³-hybridized carbons (Fsp3) is 0. The van der Waals surface area contributed by atoms with Gasteiger partial charge in [0, 0.05) is 32.8 Å². The predicted molar refractivity (Wildman–Crippen MR) is 192 cm³/mol. The number of para-hydroxylation sites is 5. The van der Waals surface area contributed by atoms with Crippen molar-refractivity contribution in [2.45, 2.75) is 0 Å². The van der Waals surface area contributed by atoms with E-state index < -0.39 is 0 Å². The van der Waals surface area contributed by atoms with E-state index in [1.807, 2.05) is 6.07 Å². The lowest BCUT2D eigenvalue weighted by Gasteiger charge is -2.11. The minimum Gasteiger partial charge on any atom is -0.308 e. The van der Waals surface area contributed by atoms with Crippen LogP contribution in [0.25, 0.3) is 88.5 Å². The van der Waals surface area contributed by atoms with E-state index in [-0.39, 0.29) is 0 Å². The topological polar surface area (TPSA) is 22.2 Å². The van der Waals surface area contributed by atoms with Crippen molar-refractivity contribution >= 4 is 49.1 Å². The van der Waals surface area contributed by atoms with Crippen molar-refractivity contribution in [3.63, 3.8) is 0 Å². The first-order valence-corrected chi connectivity index (χ1v) is 15.7. The van der Waals surface area contributed by atoms with Crippen LogP contribution >= 0.6 is 0 Å². The molecule has 0 amide bonds. The monoisotopic (exact) mass is 585 g/mol. The number of rotatable bonds is 4. The Bertz CT molecular complexity index is 2730. The predicted octanol–water partition coefficient (Wildman–Crippen LogP) is 11.2. The van der Waals surface area contributed by atoms with E-state index in [0.717, 1.165) is 28.1 Å². The zero-order valence-corrected chi connectivity index (χ0v) is 24.9. The van der Waals surface area contributed by atoms with E-state index >= 15 is 0 Å². The average molecular weight is 586 g/mol. The number of hydrogen-bond donors (Lipinski definition) is 0. The van der Waals surface area contributed by atoms with Crippen molar-refractivity contribution in [2.24, 2.45) is 0 Å². The Morgan fingerprint density at radius 3 is 1.78 bits per heavy atom. The van der Waals surface area contributed by atoms with Crippen LogP contribution in [-0.4, -0.2) is 14.0 Å². The van der Waals surface area contributed by atoms with Crippen LogP contribution < -0.4 is 0 Å². The van der Waals surface area contributed by atoms with E-state index in [0.29, 0.717) is 0 Å². The molecule has 7 aromatic carbocycles. The van der Waals surface area contributed by atoms with Gasteiger partial charge < -0.3 is 4.40 Å². The van der Waals surface area contributed by atoms with E-state index in [1.165, 1.54) is 60.3 Å². The second kappa shape index (κ2) is 9.65. The zero-order valence-electron chi connectivity index (χ0n) is 24.9. The minimum absolute atomic E-state index is 0.942. The maximum Gasteiger partial charge on any atom is 0.145 e. The molecule has 0 spiro atoms. The molecular formula is C43H27N3. The van der Waals surface area contributed by atoms with Gasteiger partial charge in [0.15, 0.2) is 0 Å². The summed E-state index contributed by atoms with van der Waals surface area (Å²) < 4.78 is 4.69. The molecule has 0 saturated heterocycles. The largest absolute Gasteiger partial charge is 0.308 e. The van der Waals surface area contributed by atoms with Gasteiger partial charge in [-0.25, -0.2) is 4.98 Å². The minimum atomic E-state index is 0.942. The summed E-state index contributed by atoms with van der Waals surface area (Å²) in [4.78, 5) is 5.08. The first-order valence-electron chi connectivity index (χ1n) is 15.7. The zero-order chi connectivity index (χ0) is 30.2. The van der Waals surface area contributed by atoms with Crippen molar-refractivity contribution in [3.05, 3.63) is 164 Å². The molecule has 3 aromatic heterocycles. The van der Waals surface area contributed by atoms with Gasteiger partial charge in [-0.3, -0.25) is 4.57 Å². The van der Waals surface area contributed by atoms with Crippen molar-refractivity contribution in [1.82, 2.24) is 14.0 Å². The molecule has 0 radical (unpaired) electrons. The highest BCUT2D eigenvalue weighted by molar-refractivity contribution is 6.23. The van der Waals surface area contributed by atoms with Gasteiger partial charge in [-0.1, -0.05) is 115 Å². The van der Waals surface area contributed by atoms with Crippen LogP contribution in [0.5, 0.6) is 0 Å². The number of nitrogens with zero attached hydrogens (tertiary/aromatic N) is 3. The van der Waals surface area contributed by atoms with Gasteiger partial charge in [0.1, 0.15) is 5.82 Å². The molecular weight excluding hydrogens is 558 g/mol. The Kier molecular flexibility index (Phi) is 5.28. The van der Waals surface area contributed by atoms with Crippen LogP contribution in [0.2, 0.25) is 0 Å². The first kappa shape index (κ1) is 25.2. The molecule has 0 aliphatic carbocycles. The Labute approximate surface area is 265 Å². The van der Waals surface area contributed by atoms with E-state index in [4.69, 9.17) is 4.98 Å². The van der Waals surface area contributed by atoms with Crippen LogP contribution in [0.3, 0.4) is 0 Å². The van der Waals surface area contributed by atoms with Gasteiger partial charge in [0.05, 0.1) is 27.6 Å². The highest BCUT2D eigenvalue weighted by Crippen LogP contribution is 2.40. The smallest absolute Gasteiger partial charge is 0.145 e. The second-order valence-corrected chi connectivity index (χ2v) is 12.0. The summed E-state index contributed by atoms with van der Waals surface area (Å²) in [6.07, 6.45) is 0. The lowest BCUT2D eigenvalue weighted by molar-refractivity contribution is 1.10. The van der Waals surface area contributed by atoms with E-state index in [9.17, 15) is 0 Å². The summed E-state index contributed by atoms with van der Waals surface area (Å²) >= 11 is 0. The normalized spacial score (nSPS) is 11.9. The molecule has 0 unspecified atom stereocenters. The third kappa shape index (κ3) is 3.63. The third-order valence-electron chi connectivity index (χ3n) is 9.47. The molecule has 3 heterocycles. The Morgan fingerprint density at radius 1 is 0.370 bits per heavy atom. The summed E-state index contributed by atoms with van der Waals surface area (Å²) in [5, 5.41) is 5.23. The van der Waals surface area contributed by atoms with E-state index in [1.54, 1.807) is 0 Å². The quantitative estimate of drug-likeness (QED) is 0.201. The first-order chi connectivity index (χ1) is 22.8. The van der Waals surface area contributed by atoms with Crippen molar-refractivity contribution < 1.29 is 0 Å². The molecule has 0 saturated carbocycles. The maximum absolute atomic E-state index is 5.08. The SMILES string of the molecule is c1ccc(-n2c(-c3cccc(-c4ccc(-c5ccc6c(c5)c5cccc7c8ccccc8n6c75)cc4)c3)nc3ccccc32)cc1. The highest BCUT2D eigenvalue weighted by Gasteiger charge is 2.18. The molecule has 0 aliphatic rings. The summed E-state index contributed by atoms with van der Waals surface area (Å²) in [5.41, 5.74) is 12.9. The standard InChI is InChI=1S/C43H27N3/c1-2-12-33(13-3-1)45-41-19-7-5-17-38(41)44-43(45)32-11-8-10-30(26-32)28-20-22-29(23-21-28)31-24-25-40-37(27-31)36-16-9-15-35-34-14-4-6-18-39(34)46(40)42(35)36/h1-27H. The molecule has 0 fully saturated rings. The van der Waals surface area contributed by atoms with Crippen LogP contribution in [0, 0.1) is 0 Å². The molecule has 46 heavy (non-hydrogen) atoms. The lowest BCUT2D eigenvalue weighted by Crippen LogP contribution is -1.97. The molecule has 10 aromatic rings. The Balaban J connectivity index is 1.05. The highest BCUT2D eigenvalue weighted by atomic mass is 15.1. The maximum atomic E-state index is 5.08. The van der Waals surface area contributed by atoms with Gasteiger partial charge in [-0.15, -0.1) is 0 Å². The molecule has 10 rings (SSSR count). The van der Waals surface area contributed by atoms with Gasteiger partial charge >= 0.3 is 0 Å². The Morgan fingerprint density at radius 2 is 0.957 bits per heavy atom. The summed E-state index contributed by atoms with van der Waals surface area (Å²) in [6, 6.07) is 58.8.